The maximum absolute atomic E-state index is 12.9. The summed E-state index contributed by atoms with van der Waals surface area (Å²) in [5.41, 5.74) is 0. The molecule has 2 aromatic rings. The SMILES string of the molecule is CC[C@H](Oc1ccc(F)cc1)C(=O)N[C@@H](C)COc1ccc(OC)cc1. The second-order valence-electron chi connectivity index (χ2n) is 5.86. The van der Waals surface area contributed by atoms with Crippen LogP contribution in [0.2, 0.25) is 0 Å². The molecule has 0 fully saturated rings. The van der Waals surface area contributed by atoms with E-state index in [1.165, 1.54) is 24.3 Å². The highest BCUT2D eigenvalue weighted by molar-refractivity contribution is 5.81. The number of hydrogen-bond donors (Lipinski definition) is 1. The van der Waals surface area contributed by atoms with Crippen molar-refractivity contribution in [2.75, 3.05) is 13.7 Å². The van der Waals surface area contributed by atoms with E-state index in [1.807, 2.05) is 26.0 Å². The zero-order valence-corrected chi connectivity index (χ0v) is 15.2. The van der Waals surface area contributed by atoms with Crippen LogP contribution in [0, 0.1) is 5.82 Å². The predicted octanol–water partition coefficient (Wildman–Crippen LogP) is 3.58. The van der Waals surface area contributed by atoms with Crippen LogP contribution in [-0.2, 0) is 4.79 Å². The lowest BCUT2D eigenvalue weighted by Gasteiger charge is -2.21. The third-order valence-corrected chi connectivity index (χ3v) is 3.70. The quantitative estimate of drug-likeness (QED) is 0.742. The number of halogens is 1. The number of methoxy groups -OCH3 is 1. The molecule has 5 nitrogen and oxygen atoms in total. The summed E-state index contributed by atoms with van der Waals surface area (Å²) < 4.78 is 29.3. The van der Waals surface area contributed by atoms with Gasteiger partial charge >= 0.3 is 0 Å². The maximum atomic E-state index is 12.9. The number of hydrogen-bond acceptors (Lipinski definition) is 4. The van der Waals surface area contributed by atoms with E-state index in [1.54, 1.807) is 19.2 Å². The first-order valence-electron chi connectivity index (χ1n) is 8.51. The van der Waals surface area contributed by atoms with Crippen molar-refractivity contribution in [3.8, 4) is 17.2 Å². The molecule has 140 valence electrons. The normalized spacial score (nSPS) is 12.8. The smallest absolute Gasteiger partial charge is 0.261 e. The third-order valence-electron chi connectivity index (χ3n) is 3.70. The fourth-order valence-electron chi connectivity index (χ4n) is 2.27. The lowest BCUT2D eigenvalue weighted by atomic mass is 10.2. The molecule has 6 heteroatoms. The van der Waals surface area contributed by atoms with Gasteiger partial charge in [0.15, 0.2) is 6.10 Å². The highest BCUT2D eigenvalue weighted by Crippen LogP contribution is 2.17. The van der Waals surface area contributed by atoms with Gasteiger partial charge in [-0.2, -0.15) is 0 Å². The van der Waals surface area contributed by atoms with Crippen LogP contribution >= 0.6 is 0 Å². The van der Waals surface area contributed by atoms with Gasteiger partial charge < -0.3 is 19.5 Å². The van der Waals surface area contributed by atoms with Crippen molar-refractivity contribution in [3.05, 3.63) is 54.3 Å². The molecule has 0 bridgehead atoms. The summed E-state index contributed by atoms with van der Waals surface area (Å²) in [6.45, 7) is 4.03. The van der Waals surface area contributed by atoms with Crippen molar-refractivity contribution in [2.24, 2.45) is 0 Å². The Kier molecular flexibility index (Phi) is 7.26. The molecule has 0 unspecified atom stereocenters. The second kappa shape index (κ2) is 9.65. The minimum atomic E-state index is -0.649. The second-order valence-corrected chi connectivity index (χ2v) is 5.86. The topological polar surface area (TPSA) is 56.8 Å². The summed E-state index contributed by atoms with van der Waals surface area (Å²) in [6.07, 6.45) is -0.154. The van der Waals surface area contributed by atoms with E-state index in [4.69, 9.17) is 14.2 Å². The van der Waals surface area contributed by atoms with Crippen LogP contribution in [0.15, 0.2) is 48.5 Å². The molecule has 2 aromatic carbocycles. The van der Waals surface area contributed by atoms with Crippen molar-refractivity contribution in [3.63, 3.8) is 0 Å². The molecule has 2 rings (SSSR count). The average molecular weight is 361 g/mol. The van der Waals surface area contributed by atoms with E-state index in [9.17, 15) is 9.18 Å². The van der Waals surface area contributed by atoms with E-state index < -0.39 is 6.10 Å². The van der Waals surface area contributed by atoms with E-state index in [0.717, 1.165) is 5.75 Å². The molecule has 0 aliphatic heterocycles. The van der Waals surface area contributed by atoms with E-state index >= 15 is 0 Å². The molecular formula is C20H24FNO4. The number of nitrogens with one attached hydrogen (secondary N) is 1. The first kappa shape index (κ1) is 19.6. The summed E-state index contributed by atoms with van der Waals surface area (Å²) in [5, 5.41) is 2.87. The van der Waals surface area contributed by atoms with Crippen LogP contribution in [0.4, 0.5) is 4.39 Å². The van der Waals surface area contributed by atoms with Gasteiger partial charge in [-0.05, 0) is 61.9 Å². The summed E-state index contributed by atoms with van der Waals surface area (Å²) in [6, 6.07) is 12.6. The van der Waals surface area contributed by atoms with Crippen molar-refractivity contribution >= 4 is 5.91 Å². The molecule has 0 aliphatic rings. The van der Waals surface area contributed by atoms with Crippen LogP contribution in [0.1, 0.15) is 20.3 Å². The maximum Gasteiger partial charge on any atom is 0.261 e. The zero-order chi connectivity index (χ0) is 18.9. The Balaban J connectivity index is 1.82. The number of amides is 1. The first-order chi connectivity index (χ1) is 12.5. The molecule has 26 heavy (non-hydrogen) atoms. The summed E-state index contributed by atoms with van der Waals surface area (Å²) >= 11 is 0. The number of ether oxygens (including phenoxy) is 3. The van der Waals surface area contributed by atoms with Gasteiger partial charge in [-0.1, -0.05) is 6.92 Å². The largest absolute Gasteiger partial charge is 0.497 e. The molecule has 0 aromatic heterocycles. The van der Waals surface area contributed by atoms with Crippen LogP contribution in [-0.4, -0.2) is 31.8 Å². The molecule has 0 aliphatic carbocycles. The van der Waals surface area contributed by atoms with Gasteiger partial charge in [-0.3, -0.25) is 4.79 Å². The molecule has 0 saturated carbocycles. The Hall–Kier alpha value is -2.76. The average Bonchev–Trinajstić information content (AvgIpc) is 2.66. The fourth-order valence-corrected chi connectivity index (χ4v) is 2.27. The van der Waals surface area contributed by atoms with Gasteiger partial charge in [0.05, 0.1) is 13.2 Å². The lowest BCUT2D eigenvalue weighted by Crippen LogP contribution is -2.44. The predicted molar refractivity (Wildman–Crippen MR) is 97.2 cm³/mol. The van der Waals surface area contributed by atoms with E-state index in [0.29, 0.717) is 24.5 Å². The molecule has 2 atom stereocenters. The van der Waals surface area contributed by atoms with E-state index in [-0.39, 0.29) is 17.8 Å². The first-order valence-corrected chi connectivity index (χ1v) is 8.51. The number of benzene rings is 2. The third kappa shape index (κ3) is 5.95. The molecule has 0 saturated heterocycles. The van der Waals surface area contributed by atoms with Gasteiger partial charge in [0.1, 0.15) is 29.7 Å². The molecule has 1 N–H and O–H groups in total. The van der Waals surface area contributed by atoms with Gasteiger partial charge in [0.2, 0.25) is 0 Å². The molecule has 1 amide bonds. The Morgan fingerprint density at radius 1 is 1.04 bits per heavy atom. The summed E-state index contributed by atoms with van der Waals surface area (Å²) in [7, 11) is 1.60. The van der Waals surface area contributed by atoms with E-state index in [2.05, 4.69) is 5.32 Å². The van der Waals surface area contributed by atoms with Crippen molar-refractivity contribution in [1.82, 2.24) is 5.32 Å². The van der Waals surface area contributed by atoms with Crippen molar-refractivity contribution < 1.29 is 23.4 Å². The molecule has 0 heterocycles. The zero-order valence-electron chi connectivity index (χ0n) is 15.2. The Bertz CT molecular complexity index is 688. The highest BCUT2D eigenvalue weighted by Gasteiger charge is 2.20. The summed E-state index contributed by atoms with van der Waals surface area (Å²) in [4.78, 5) is 12.4. The monoisotopic (exact) mass is 361 g/mol. The van der Waals surface area contributed by atoms with Crippen molar-refractivity contribution in [2.45, 2.75) is 32.4 Å². The van der Waals surface area contributed by atoms with Crippen LogP contribution in [0.25, 0.3) is 0 Å². The van der Waals surface area contributed by atoms with Crippen molar-refractivity contribution in [1.29, 1.82) is 0 Å². The van der Waals surface area contributed by atoms with Crippen LogP contribution in [0.3, 0.4) is 0 Å². The molecule has 0 spiro atoms. The fraction of sp³-hybridized carbons (Fsp3) is 0.350. The van der Waals surface area contributed by atoms with Gasteiger partial charge in [0, 0.05) is 0 Å². The van der Waals surface area contributed by atoms with Gasteiger partial charge in [0.25, 0.3) is 5.91 Å². The number of carbonyl (C=O) groups is 1. The summed E-state index contributed by atoms with van der Waals surface area (Å²) in [5.74, 6) is 1.32. The van der Waals surface area contributed by atoms with Gasteiger partial charge in [-0.15, -0.1) is 0 Å². The number of carbonyl (C=O) groups excluding carboxylic acids is 1. The minimum absolute atomic E-state index is 0.199. The van der Waals surface area contributed by atoms with Crippen LogP contribution < -0.4 is 19.5 Å². The van der Waals surface area contributed by atoms with Crippen LogP contribution in [0.5, 0.6) is 17.2 Å². The number of rotatable bonds is 9. The highest BCUT2D eigenvalue weighted by atomic mass is 19.1. The molecule has 0 radical (unpaired) electrons. The van der Waals surface area contributed by atoms with Gasteiger partial charge in [-0.25, -0.2) is 4.39 Å². The molecular weight excluding hydrogens is 337 g/mol. The Morgan fingerprint density at radius 3 is 2.19 bits per heavy atom. The Labute approximate surface area is 153 Å². The standard InChI is InChI=1S/C20H24FNO4/c1-4-19(26-18-7-5-15(21)6-8-18)20(23)22-14(2)13-25-17-11-9-16(24-3)10-12-17/h5-12,14,19H,4,13H2,1-3H3,(H,22,23)/t14-,19-/m0/s1. The lowest BCUT2D eigenvalue weighted by molar-refractivity contribution is -0.128. The minimum Gasteiger partial charge on any atom is -0.497 e. The Morgan fingerprint density at radius 2 is 1.62 bits per heavy atom.